The molecule has 140 valence electrons. The van der Waals surface area contributed by atoms with Gasteiger partial charge in [0.25, 0.3) is 0 Å². The van der Waals surface area contributed by atoms with E-state index < -0.39 is 6.09 Å². The van der Waals surface area contributed by atoms with Crippen LogP contribution in [0.1, 0.15) is 53.7 Å². The highest BCUT2D eigenvalue weighted by molar-refractivity contribution is 8.01. The van der Waals surface area contributed by atoms with Crippen molar-refractivity contribution < 1.29 is 9.90 Å². The summed E-state index contributed by atoms with van der Waals surface area (Å²) in [7, 11) is 0. The van der Waals surface area contributed by atoms with Gasteiger partial charge in [0, 0.05) is 33.4 Å². The Bertz CT molecular complexity index is 608. The molecule has 6 heteroatoms. The molecule has 2 atom stereocenters. The average molecular weight is 383 g/mol. The van der Waals surface area contributed by atoms with E-state index in [1.54, 1.807) is 4.90 Å². The van der Waals surface area contributed by atoms with Crippen LogP contribution in [0.25, 0.3) is 0 Å². The summed E-state index contributed by atoms with van der Waals surface area (Å²) in [6.45, 7) is 13.6. The number of aromatic nitrogens is 1. The van der Waals surface area contributed by atoms with Crippen LogP contribution in [0, 0.1) is 5.41 Å². The molecule has 1 aliphatic heterocycles. The first kappa shape index (κ1) is 20.4. The van der Waals surface area contributed by atoms with Crippen LogP contribution in [0.15, 0.2) is 23.2 Å². The zero-order chi connectivity index (χ0) is 18.8. The smallest absolute Gasteiger partial charge is 0.407 e. The topological polar surface area (TPSA) is 53.4 Å². The number of nitrogens with zero attached hydrogens (tertiary/aromatic N) is 2. The van der Waals surface area contributed by atoms with Gasteiger partial charge in [-0.25, -0.2) is 4.79 Å². The highest BCUT2D eigenvalue weighted by Gasteiger charge is 2.44. The molecule has 0 spiro atoms. The van der Waals surface area contributed by atoms with Gasteiger partial charge < -0.3 is 10.0 Å². The van der Waals surface area contributed by atoms with Crippen LogP contribution in [-0.4, -0.2) is 43.7 Å². The van der Waals surface area contributed by atoms with Gasteiger partial charge in [-0.2, -0.15) is 0 Å². The average Bonchev–Trinajstić information content (AvgIpc) is 2.89. The molecule has 2 unspecified atom stereocenters. The number of amides is 1. The predicted octanol–water partition coefficient (Wildman–Crippen LogP) is 5.37. The Hall–Kier alpha value is -0.880. The summed E-state index contributed by atoms with van der Waals surface area (Å²) >= 11 is 3.69. The fourth-order valence-electron chi connectivity index (χ4n) is 3.32. The summed E-state index contributed by atoms with van der Waals surface area (Å²) in [6.07, 6.45) is 1.96. The second kappa shape index (κ2) is 7.78. The maximum Gasteiger partial charge on any atom is 0.407 e. The van der Waals surface area contributed by atoms with Crippen LogP contribution in [0.4, 0.5) is 4.79 Å². The van der Waals surface area contributed by atoms with E-state index in [2.05, 4.69) is 52.6 Å². The largest absolute Gasteiger partial charge is 0.465 e. The SMILES string of the molecule is CC(C)(C)Sc1cccnc1CSC1CCN(C(=O)O)C1C(C)(C)C. The Morgan fingerprint density at radius 2 is 2.00 bits per heavy atom. The second-order valence-corrected chi connectivity index (χ2v) is 11.7. The number of pyridine rings is 1. The predicted molar refractivity (Wildman–Crippen MR) is 108 cm³/mol. The summed E-state index contributed by atoms with van der Waals surface area (Å²) in [5.74, 6) is 0.823. The molecular weight excluding hydrogens is 352 g/mol. The fraction of sp³-hybridized carbons (Fsp3) is 0.684. The fourth-order valence-corrected chi connectivity index (χ4v) is 6.07. The zero-order valence-corrected chi connectivity index (χ0v) is 17.7. The van der Waals surface area contributed by atoms with E-state index in [0.29, 0.717) is 11.8 Å². The monoisotopic (exact) mass is 382 g/mol. The van der Waals surface area contributed by atoms with Gasteiger partial charge in [-0.05, 0) is 24.0 Å². The van der Waals surface area contributed by atoms with E-state index in [9.17, 15) is 9.90 Å². The number of thioether (sulfide) groups is 2. The first-order valence-electron chi connectivity index (χ1n) is 8.73. The lowest BCUT2D eigenvalue weighted by Crippen LogP contribution is -2.46. The lowest BCUT2D eigenvalue weighted by molar-refractivity contribution is 0.108. The molecule has 0 radical (unpaired) electrons. The molecule has 2 heterocycles. The number of carboxylic acid groups (broad SMARTS) is 1. The highest BCUT2D eigenvalue weighted by atomic mass is 32.2. The van der Waals surface area contributed by atoms with Crippen molar-refractivity contribution in [1.29, 1.82) is 0 Å². The van der Waals surface area contributed by atoms with Crippen molar-refractivity contribution in [1.82, 2.24) is 9.88 Å². The second-order valence-electron chi connectivity index (χ2n) is 8.59. The molecule has 0 aliphatic carbocycles. The van der Waals surface area contributed by atoms with Gasteiger partial charge >= 0.3 is 6.09 Å². The standard InChI is InChI=1S/C19H30N2O2S2/c1-18(2,3)16-15(9-11-21(16)17(22)23)24-12-13-14(8-7-10-20-13)25-19(4,5)6/h7-8,10,15-16H,9,11-12H2,1-6H3,(H,22,23). The molecular formula is C19H30N2O2S2. The van der Waals surface area contributed by atoms with Crippen molar-refractivity contribution in [3.05, 3.63) is 24.0 Å². The molecule has 1 amide bonds. The van der Waals surface area contributed by atoms with Crippen LogP contribution in [0.5, 0.6) is 0 Å². The minimum absolute atomic E-state index is 0.0393. The lowest BCUT2D eigenvalue weighted by Gasteiger charge is -2.36. The van der Waals surface area contributed by atoms with Gasteiger partial charge in [0.05, 0.1) is 11.7 Å². The van der Waals surface area contributed by atoms with Gasteiger partial charge in [0.2, 0.25) is 0 Å². The number of carbonyl (C=O) groups is 1. The summed E-state index contributed by atoms with van der Waals surface area (Å²) in [5, 5.41) is 9.83. The molecule has 1 fully saturated rings. The molecule has 2 rings (SSSR count). The van der Waals surface area contributed by atoms with Crippen molar-refractivity contribution in [2.75, 3.05) is 6.54 Å². The highest BCUT2D eigenvalue weighted by Crippen LogP contribution is 2.41. The molecule has 4 nitrogen and oxygen atoms in total. The van der Waals surface area contributed by atoms with E-state index in [1.807, 2.05) is 35.8 Å². The quantitative estimate of drug-likeness (QED) is 0.709. The van der Waals surface area contributed by atoms with Crippen LogP contribution in [0.3, 0.4) is 0 Å². The molecule has 1 saturated heterocycles. The number of hydrogen-bond acceptors (Lipinski definition) is 4. The Morgan fingerprint density at radius 1 is 1.32 bits per heavy atom. The van der Waals surface area contributed by atoms with Crippen LogP contribution >= 0.6 is 23.5 Å². The molecule has 25 heavy (non-hydrogen) atoms. The van der Waals surface area contributed by atoms with E-state index in [0.717, 1.165) is 17.9 Å². The maximum absolute atomic E-state index is 11.6. The van der Waals surface area contributed by atoms with Crippen molar-refractivity contribution >= 4 is 29.6 Å². The minimum atomic E-state index is -0.801. The van der Waals surface area contributed by atoms with Crippen molar-refractivity contribution in [2.45, 2.75) is 74.7 Å². The van der Waals surface area contributed by atoms with Gasteiger partial charge in [-0.15, -0.1) is 23.5 Å². The van der Waals surface area contributed by atoms with Crippen molar-refractivity contribution in [3.8, 4) is 0 Å². The summed E-state index contributed by atoms with van der Waals surface area (Å²) in [4.78, 5) is 19.0. The van der Waals surface area contributed by atoms with Crippen LogP contribution < -0.4 is 0 Å². The van der Waals surface area contributed by atoms with Gasteiger partial charge in [-0.1, -0.05) is 41.5 Å². The van der Waals surface area contributed by atoms with Crippen LogP contribution in [0.2, 0.25) is 0 Å². The molecule has 1 N–H and O–H groups in total. The third kappa shape index (κ3) is 5.55. The molecule has 0 saturated carbocycles. The van der Waals surface area contributed by atoms with E-state index in [1.165, 1.54) is 4.90 Å². The Morgan fingerprint density at radius 3 is 2.56 bits per heavy atom. The number of likely N-dealkylation sites (tertiary alicyclic amines) is 1. The van der Waals surface area contributed by atoms with Gasteiger partial charge in [0.1, 0.15) is 0 Å². The molecule has 1 aliphatic rings. The Balaban J connectivity index is 2.12. The van der Waals surface area contributed by atoms with E-state index in [-0.39, 0.29) is 16.2 Å². The molecule has 1 aromatic rings. The summed E-state index contributed by atoms with van der Waals surface area (Å²) in [5.41, 5.74) is 1.04. The number of rotatable bonds is 4. The zero-order valence-electron chi connectivity index (χ0n) is 16.1. The van der Waals surface area contributed by atoms with Gasteiger partial charge in [-0.3, -0.25) is 4.98 Å². The maximum atomic E-state index is 11.6. The normalized spacial score (nSPS) is 21.6. The van der Waals surface area contributed by atoms with E-state index >= 15 is 0 Å². The van der Waals surface area contributed by atoms with Crippen molar-refractivity contribution in [3.63, 3.8) is 0 Å². The molecule has 1 aromatic heterocycles. The minimum Gasteiger partial charge on any atom is -0.465 e. The Kier molecular flexibility index (Phi) is 6.36. The molecule has 0 aromatic carbocycles. The number of hydrogen-bond donors (Lipinski definition) is 1. The van der Waals surface area contributed by atoms with Gasteiger partial charge in [0.15, 0.2) is 0 Å². The Labute approximate surface area is 160 Å². The lowest BCUT2D eigenvalue weighted by atomic mass is 9.85. The van der Waals surface area contributed by atoms with Crippen LogP contribution in [-0.2, 0) is 5.75 Å². The van der Waals surface area contributed by atoms with Crippen molar-refractivity contribution in [2.24, 2.45) is 5.41 Å². The first-order chi connectivity index (χ1) is 11.5. The molecule has 0 bridgehead atoms. The van der Waals surface area contributed by atoms with E-state index in [4.69, 9.17) is 0 Å². The first-order valence-corrected chi connectivity index (χ1v) is 10.6. The summed E-state index contributed by atoms with van der Waals surface area (Å²) < 4.78 is 0.143. The third-order valence-electron chi connectivity index (χ3n) is 4.17. The third-order valence-corrected chi connectivity index (χ3v) is 6.74. The summed E-state index contributed by atoms with van der Waals surface area (Å²) in [6, 6.07) is 4.16.